The second-order valence-corrected chi connectivity index (χ2v) is 20.2. The minimum absolute atomic E-state index is 0.0160. The molecule has 0 unspecified atom stereocenters. The van der Waals surface area contributed by atoms with Crippen molar-refractivity contribution in [1.29, 1.82) is 0 Å². The van der Waals surface area contributed by atoms with Crippen molar-refractivity contribution >= 4 is 49.8 Å². The number of hydrogen-bond acceptors (Lipinski definition) is 6. The van der Waals surface area contributed by atoms with Gasteiger partial charge in [-0.1, -0.05) is 31.2 Å². The monoisotopic (exact) mass is 474 g/mol. The molecule has 0 amide bonds. The Morgan fingerprint density at radius 1 is 1.17 bits per heavy atom. The summed E-state index contributed by atoms with van der Waals surface area (Å²) >= 11 is 6.30. The summed E-state index contributed by atoms with van der Waals surface area (Å²) in [4.78, 5) is 12.7. The largest absolute Gasteiger partial charge is 0.516 e. The van der Waals surface area contributed by atoms with Gasteiger partial charge in [-0.05, 0) is 43.9 Å². The molecule has 0 atom stereocenters. The van der Waals surface area contributed by atoms with Crippen molar-refractivity contribution in [3.63, 3.8) is 0 Å². The van der Waals surface area contributed by atoms with E-state index in [0.29, 0.717) is 18.0 Å². The third kappa shape index (κ3) is 7.00. The number of halogens is 1. The van der Waals surface area contributed by atoms with Crippen LogP contribution in [0.25, 0.3) is 0 Å². The maximum absolute atomic E-state index is 12.8. The summed E-state index contributed by atoms with van der Waals surface area (Å²) in [5.41, 5.74) is 0.487. The maximum Gasteiger partial charge on any atom is 0.326 e. The third-order valence-corrected chi connectivity index (χ3v) is 9.12. The molecule has 0 aliphatic rings. The van der Waals surface area contributed by atoms with Crippen molar-refractivity contribution in [1.82, 2.24) is 4.39 Å². The molecule has 0 fully saturated rings. The Balaban J connectivity index is 2.50. The van der Waals surface area contributed by atoms with Crippen LogP contribution in [0.2, 0.25) is 44.3 Å². The van der Waals surface area contributed by atoms with Crippen LogP contribution in [0.15, 0.2) is 39.8 Å². The first-order chi connectivity index (χ1) is 13.2. The van der Waals surface area contributed by atoms with Gasteiger partial charge in [0.05, 0.1) is 29.1 Å². The van der Waals surface area contributed by atoms with Gasteiger partial charge >= 0.3 is 5.97 Å². The molecular weight excluding hydrogens is 448 g/mol. The predicted octanol–water partition coefficient (Wildman–Crippen LogP) is 4.65. The average Bonchev–Trinajstić information content (AvgIpc) is 3.01. The van der Waals surface area contributed by atoms with Crippen LogP contribution in [-0.2, 0) is 21.0 Å². The zero-order valence-corrected chi connectivity index (χ0v) is 21.0. The van der Waals surface area contributed by atoms with Gasteiger partial charge in [-0.3, -0.25) is 0 Å². The van der Waals surface area contributed by atoms with Gasteiger partial charge in [0.2, 0.25) is 18.3 Å². The first-order valence-corrected chi connectivity index (χ1v) is 17.8. The quantitative estimate of drug-likeness (QED) is 0.540. The van der Waals surface area contributed by atoms with Crippen LogP contribution in [0.1, 0.15) is 16.1 Å². The average molecular weight is 475 g/mol. The fraction of sp³-hybridized carbons (Fsp3) is 0.389. The van der Waals surface area contributed by atoms with Crippen LogP contribution in [0.5, 0.6) is 0 Å². The van der Waals surface area contributed by atoms with E-state index < -0.39 is 32.5 Å². The smallest absolute Gasteiger partial charge is 0.326 e. The Labute approximate surface area is 179 Å². The topological polar surface area (TPSA) is 97.6 Å². The predicted molar refractivity (Wildman–Crippen MR) is 120 cm³/mol. The molecule has 2 rings (SSSR count). The molecular formula is C18H27ClN2O5SSi2. The second-order valence-electron chi connectivity index (χ2n) is 8.62. The van der Waals surface area contributed by atoms with Crippen LogP contribution >= 0.6 is 11.6 Å². The highest BCUT2D eigenvalue weighted by Gasteiger charge is 2.29. The number of rotatable bonds is 8. The third-order valence-electron chi connectivity index (χ3n) is 3.45. The van der Waals surface area contributed by atoms with E-state index in [0.717, 1.165) is 0 Å². The Hall–Kier alpha value is -1.60. The number of sulfonamides is 1. The molecule has 7 nitrogen and oxygen atoms in total. The van der Waals surface area contributed by atoms with E-state index in [1.165, 1.54) is 12.1 Å². The number of carbonyl (C=O) groups excluding carboxylic acids is 1. The lowest BCUT2D eigenvalue weighted by Crippen LogP contribution is -2.45. The van der Waals surface area contributed by atoms with Crippen LogP contribution in [0, 0.1) is 0 Å². The lowest BCUT2D eigenvalue weighted by atomic mass is 10.1. The number of hydrogen-bond donors (Lipinski definition) is 2. The molecule has 0 aliphatic carbocycles. The highest BCUT2D eigenvalue weighted by atomic mass is 35.5. The molecule has 2 aromatic rings. The summed E-state index contributed by atoms with van der Waals surface area (Å²) in [5, 5.41) is 3.10. The van der Waals surface area contributed by atoms with Crippen molar-refractivity contribution in [2.24, 2.45) is 0 Å². The van der Waals surface area contributed by atoms with Crippen molar-refractivity contribution in [2.45, 2.75) is 50.7 Å². The first kappa shape index (κ1) is 23.7. The molecule has 160 valence electrons. The Morgan fingerprint density at radius 3 is 2.34 bits per heavy atom. The molecule has 0 aliphatic heterocycles. The SMILES string of the molecule is C[Si](C)(C)NS(=O)(=O)c1cc(C(=O)O[Si](C)(C)C)c(NCc2ccco2)cc1Cl. The Kier molecular flexibility index (Phi) is 7.06. The Bertz CT molecular complexity index is 981. The lowest BCUT2D eigenvalue weighted by Gasteiger charge is -2.22. The zero-order chi connectivity index (χ0) is 22.0. The molecule has 0 bridgehead atoms. The molecule has 29 heavy (non-hydrogen) atoms. The van der Waals surface area contributed by atoms with Crippen molar-refractivity contribution in [3.8, 4) is 0 Å². The maximum atomic E-state index is 12.8. The van der Waals surface area contributed by atoms with Crippen LogP contribution in [0.4, 0.5) is 5.69 Å². The summed E-state index contributed by atoms with van der Waals surface area (Å²) < 4.78 is 39.3. The fourth-order valence-electron chi connectivity index (χ4n) is 2.46. The van der Waals surface area contributed by atoms with Crippen molar-refractivity contribution < 1.29 is 22.1 Å². The van der Waals surface area contributed by atoms with Gasteiger partial charge in [-0.2, -0.15) is 0 Å². The van der Waals surface area contributed by atoms with Crippen LogP contribution < -0.4 is 9.70 Å². The molecule has 2 N–H and O–H groups in total. The van der Waals surface area contributed by atoms with Gasteiger partial charge in [-0.25, -0.2) is 17.6 Å². The molecule has 11 heteroatoms. The van der Waals surface area contributed by atoms with E-state index in [1.807, 2.05) is 39.3 Å². The minimum atomic E-state index is -3.89. The second kappa shape index (κ2) is 8.64. The molecule has 0 saturated heterocycles. The first-order valence-electron chi connectivity index (χ1n) is 9.05. The summed E-state index contributed by atoms with van der Waals surface area (Å²) in [6.07, 6.45) is 1.54. The van der Waals surface area contributed by atoms with Gasteiger partial charge in [0, 0.05) is 0 Å². The summed E-state index contributed by atoms with van der Waals surface area (Å²) in [5.74, 6) is 0.0648. The fourth-order valence-corrected chi connectivity index (χ4v) is 7.85. The molecule has 0 radical (unpaired) electrons. The van der Waals surface area contributed by atoms with Crippen LogP contribution in [0.3, 0.4) is 0 Å². The normalized spacial score (nSPS) is 12.7. The molecule has 1 aromatic heterocycles. The zero-order valence-electron chi connectivity index (χ0n) is 17.4. The summed E-state index contributed by atoms with van der Waals surface area (Å²) in [7, 11) is -8.27. The molecule has 0 saturated carbocycles. The molecule has 1 heterocycles. The lowest BCUT2D eigenvalue weighted by molar-refractivity contribution is 0.0725. The standard InChI is InChI=1S/C18H27ClN2O5SSi2/c1-28(2,3)21-27(23,24)17-10-14(18(22)26-29(4,5)6)16(11-15(17)19)20-12-13-8-7-9-25-13/h7-11,20-21H,12H2,1-6H3. The number of carbonyl (C=O) groups is 1. The number of furan rings is 1. The van der Waals surface area contributed by atoms with Crippen molar-refractivity contribution in [3.05, 3.63) is 46.9 Å². The van der Waals surface area contributed by atoms with Gasteiger partial charge < -0.3 is 14.2 Å². The summed E-state index contributed by atoms with van der Waals surface area (Å²) in [6.45, 7) is 11.5. The van der Waals surface area contributed by atoms with E-state index in [2.05, 4.69) is 9.70 Å². The molecule has 1 aromatic carbocycles. The molecule has 0 spiro atoms. The van der Waals surface area contributed by atoms with E-state index >= 15 is 0 Å². The highest BCUT2D eigenvalue weighted by Crippen LogP contribution is 2.31. The van der Waals surface area contributed by atoms with E-state index in [-0.39, 0.29) is 15.5 Å². The van der Waals surface area contributed by atoms with Crippen LogP contribution in [-0.4, -0.2) is 30.9 Å². The highest BCUT2D eigenvalue weighted by molar-refractivity contribution is 7.91. The number of nitrogens with one attached hydrogen (secondary N) is 2. The van der Waals surface area contributed by atoms with Gasteiger partial charge in [0.25, 0.3) is 0 Å². The van der Waals surface area contributed by atoms with Gasteiger partial charge in [0.15, 0.2) is 0 Å². The van der Waals surface area contributed by atoms with E-state index in [4.69, 9.17) is 20.4 Å². The van der Waals surface area contributed by atoms with E-state index in [1.54, 1.807) is 18.4 Å². The van der Waals surface area contributed by atoms with E-state index in [9.17, 15) is 13.2 Å². The Morgan fingerprint density at radius 2 is 1.83 bits per heavy atom. The van der Waals surface area contributed by atoms with Crippen molar-refractivity contribution in [2.75, 3.05) is 5.32 Å². The minimum Gasteiger partial charge on any atom is -0.516 e. The van der Waals surface area contributed by atoms with Gasteiger partial charge in [0.1, 0.15) is 18.9 Å². The number of anilines is 1. The number of benzene rings is 1. The summed E-state index contributed by atoms with van der Waals surface area (Å²) in [6, 6.07) is 6.25. The van der Waals surface area contributed by atoms with Gasteiger partial charge in [-0.15, -0.1) is 0 Å².